The van der Waals surface area contributed by atoms with E-state index in [-0.39, 0.29) is 0 Å². The normalized spacial score (nSPS) is 10.5. The predicted molar refractivity (Wildman–Crippen MR) is 75.4 cm³/mol. The first kappa shape index (κ1) is 11.9. The predicted octanol–water partition coefficient (Wildman–Crippen LogP) is 4.79. The molecule has 0 aliphatic rings. The molecule has 0 amide bonds. The maximum absolute atomic E-state index is 2.29. The molecule has 0 bridgehead atoms. The van der Waals surface area contributed by atoms with E-state index in [9.17, 15) is 0 Å². The molecule has 88 valence electrons. The largest absolute Gasteiger partial charge is 0.0613 e. The van der Waals surface area contributed by atoms with Crippen LogP contribution in [0.5, 0.6) is 0 Å². The van der Waals surface area contributed by atoms with Crippen molar-refractivity contribution in [1.82, 2.24) is 0 Å². The van der Waals surface area contributed by atoms with Gasteiger partial charge in [-0.2, -0.15) is 0 Å². The topological polar surface area (TPSA) is 0 Å². The minimum absolute atomic E-state index is 1.11. The van der Waals surface area contributed by atoms with E-state index >= 15 is 0 Å². The first-order valence-corrected chi connectivity index (χ1v) is 6.43. The van der Waals surface area contributed by atoms with E-state index in [1.165, 1.54) is 27.8 Å². The lowest BCUT2D eigenvalue weighted by Crippen LogP contribution is -1.87. The molecule has 0 aliphatic carbocycles. The molecule has 0 unspecified atom stereocenters. The van der Waals surface area contributed by atoms with Crippen molar-refractivity contribution in [2.75, 3.05) is 0 Å². The molecule has 0 aromatic heterocycles. The highest BCUT2D eigenvalue weighted by Crippen LogP contribution is 2.24. The highest BCUT2D eigenvalue weighted by molar-refractivity contribution is 5.67. The molecule has 0 heteroatoms. The summed E-state index contributed by atoms with van der Waals surface area (Å²) in [5.74, 6) is 0. The maximum atomic E-state index is 2.29. The number of rotatable bonds is 3. The van der Waals surface area contributed by atoms with Crippen molar-refractivity contribution in [3.05, 3.63) is 59.2 Å². The fourth-order valence-electron chi connectivity index (χ4n) is 2.19. The highest BCUT2D eigenvalue weighted by atomic mass is 14.1. The fraction of sp³-hybridized carbons (Fsp3) is 0.294. The third kappa shape index (κ3) is 2.58. The van der Waals surface area contributed by atoms with Gasteiger partial charge in [-0.15, -0.1) is 0 Å². The Morgan fingerprint density at radius 3 is 1.88 bits per heavy atom. The lowest BCUT2D eigenvalue weighted by atomic mass is 9.97. The van der Waals surface area contributed by atoms with Gasteiger partial charge in [-0.25, -0.2) is 0 Å². The smallest absolute Gasteiger partial charge is 0.0155 e. The molecule has 2 aromatic rings. The Labute approximate surface area is 104 Å². The summed E-state index contributed by atoms with van der Waals surface area (Å²) >= 11 is 0. The minimum atomic E-state index is 1.11. The van der Waals surface area contributed by atoms with Crippen LogP contribution in [0.15, 0.2) is 42.5 Å². The molecule has 0 N–H and O–H groups in total. The van der Waals surface area contributed by atoms with Crippen LogP contribution in [0.1, 0.15) is 30.5 Å². The molecule has 0 spiro atoms. The first-order valence-electron chi connectivity index (χ1n) is 6.43. The molecule has 0 aliphatic heterocycles. The van der Waals surface area contributed by atoms with Crippen molar-refractivity contribution in [2.24, 2.45) is 0 Å². The summed E-state index contributed by atoms with van der Waals surface area (Å²) in [4.78, 5) is 0. The third-order valence-electron chi connectivity index (χ3n) is 3.37. The highest BCUT2D eigenvalue weighted by Gasteiger charge is 2.02. The lowest BCUT2D eigenvalue weighted by Gasteiger charge is -2.08. The summed E-state index contributed by atoms with van der Waals surface area (Å²) in [6.07, 6.45) is 2.21. The number of aryl methyl sites for hydroxylation is 3. The van der Waals surface area contributed by atoms with Gasteiger partial charge in [0.15, 0.2) is 0 Å². The quantitative estimate of drug-likeness (QED) is 0.703. The van der Waals surface area contributed by atoms with Crippen molar-refractivity contribution >= 4 is 0 Å². The average Bonchev–Trinajstić information content (AvgIpc) is 2.39. The van der Waals surface area contributed by atoms with E-state index in [0.717, 1.165) is 12.8 Å². The fourth-order valence-corrected chi connectivity index (χ4v) is 2.19. The van der Waals surface area contributed by atoms with Gasteiger partial charge in [-0.1, -0.05) is 56.3 Å². The van der Waals surface area contributed by atoms with Gasteiger partial charge in [0.25, 0.3) is 0 Å². The zero-order valence-corrected chi connectivity index (χ0v) is 11.0. The van der Waals surface area contributed by atoms with E-state index in [0.29, 0.717) is 0 Å². The molecule has 0 saturated carbocycles. The molecule has 0 radical (unpaired) electrons. The zero-order chi connectivity index (χ0) is 12.3. The molecule has 0 atom stereocenters. The van der Waals surface area contributed by atoms with Crippen LogP contribution in [-0.2, 0) is 12.8 Å². The Bertz CT molecular complexity index is 492. The van der Waals surface area contributed by atoms with Gasteiger partial charge in [0.2, 0.25) is 0 Å². The van der Waals surface area contributed by atoms with Gasteiger partial charge in [-0.05, 0) is 47.6 Å². The second kappa shape index (κ2) is 5.18. The summed E-state index contributed by atoms with van der Waals surface area (Å²) in [6, 6.07) is 15.7. The molecule has 17 heavy (non-hydrogen) atoms. The van der Waals surface area contributed by atoms with Gasteiger partial charge < -0.3 is 0 Å². The SMILES string of the molecule is CCc1ccc(-c2ccc(CC)cc2C)cc1. The Morgan fingerprint density at radius 1 is 0.765 bits per heavy atom. The van der Waals surface area contributed by atoms with Crippen LogP contribution < -0.4 is 0 Å². The maximum Gasteiger partial charge on any atom is -0.0155 e. The summed E-state index contributed by atoms with van der Waals surface area (Å²) in [7, 11) is 0. The van der Waals surface area contributed by atoms with Crippen molar-refractivity contribution in [3.63, 3.8) is 0 Å². The number of hydrogen-bond donors (Lipinski definition) is 0. The van der Waals surface area contributed by atoms with Crippen LogP contribution in [-0.4, -0.2) is 0 Å². The Morgan fingerprint density at radius 2 is 1.35 bits per heavy atom. The van der Waals surface area contributed by atoms with Gasteiger partial charge in [0.05, 0.1) is 0 Å². The van der Waals surface area contributed by atoms with E-state index in [2.05, 4.69) is 63.2 Å². The standard InChI is InChI=1S/C17H20/c1-4-14-6-9-16(10-7-14)17-11-8-15(5-2)12-13(17)3/h6-12H,4-5H2,1-3H3. The summed E-state index contributed by atoms with van der Waals surface area (Å²) in [5.41, 5.74) is 6.86. The van der Waals surface area contributed by atoms with Crippen molar-refractivity contribution in [2.45, 2.75) is 33.6 Å². The van der Waals surface area contributed by atoms with Crippen LogP contribution in [0.3, 0.4) is 0 Å². The van der Waals surface area contributed by atoms with Gasteiger partial charge >= 0.3 is 0 Å². The molecular formula is C17H20. The van der Waals surface area contributed by atoms with Gasteiger partial charge in [-0.3, -0.25) is 0 Å². The molecule has 0 fully saturated rings. The zero-order valence-electron chi connectivity index (χ0n) is 11.0. The third-order valence-corrected chi connectivity index (χ3v) is 3.37. The van der Waals surface area contributed by atoms with Crippen LogP contribution in [0, 0.1) is 6.92 Å². The van der Waals surface area contributed by atoms with Crippen molar-refractivity contribution in [3.8, 4) is 11.1 Å². The first-order chi connectivity index (χ1) is 8.24. The second-order valence-electron chi connectivity index (χ2n) is 4.55. The second-order valence-corrected chi connectivity index (χ2v) is 4.55. The summed E-state index contributed by atoms with van der Waals surface area (Å²) in [6.45, 7) is 6.59. The molecule has 2 rings (SSSR count). The number of benzene rings is 2. The molecule has 0 heterocycles. The van der Waals surface area contributed by atoms with E-state index < -0.39 is 0 Å². The van der Waals surface area contributed by atoms with Gasteiger partial charge in [0.1, 0.15) is 0 Å². The molecular weight excluding hydrogens is 204 g/mol. The number of hydrogen-bond acceptors (Lipinski definition) is 0. The summed E-state index contributed by atoms with van der Waals surface area (Å²) in [5, 5.41) is 0. The van der Waals surface area contributed by atoms with E-state index in [1.54, 1.807) is 0 Å². The van der Waals surface area contributed by atoms with E-state index in [4.69, 9.17) is 0 Å². The molecule has 2 aromatic carbocycles. The van der Waals surface area contributed by atoms with Crippen molar-refractivity contribution < 1.29 is 0 Å². The minimum Gasteiger partial charge on any atom is -0.0613 e. The van der Waals surface area contributed by atoms with Crippen molar-refractivity contribution in [1.29, 1.82) is 0 Å². The Hall–Kier alpha value is -1.56. The summed E-state index contributed by atoms with van der Waals surface area (Å²) < 4.78 is 0. The average molecular weight is 224 g/mol. The van der Waals surface area contributed by atoms with Crippen LogP contribution in [0.2, 0.25) is 0 Å². The van der Waals surface area contributed by atoms with Crippen LogP contribution in [0.4, 0.5) is 0 Å². The van der Waals surface area contributed by atoms with E-state index in [1.807, 2.05) is 0 Å². The van der Waals surface area contributed by atoms with Crippen LogP contribution in [0.25, 0.3) is 11.1 Å². The molecule has 0 saturated heterocycles. The Kier molecular flexibility index (Phi) is 3.63. The Balaban J connectivity index is 2.38. The monoisotopic (exact) mass is 224 g/mol. The molecule has 0 nitrogen and oxygen atoms in total. The van der Waals surface area contributed by atoms with Crippen LogP contribution >= 0.6 is 0 Å². The van der Waals surface area contributed by atoms with Gasteiger partial charge in [0, 0.05) is 0 Å². The lowest BCUT2D eigenvalue weighted by molar-refractivity contribution is 1.13.